The first kappa shape index (κ1) is 16.8. The van der Waals surface area contributed by atoms with Crippen molar-refractivity contribution in [3.63, 3.8) is 0 Å². The fourth-order valence-electron chi connectivity index (χ4n) is 2.68. The lowest BCUT2D eigenvalue weighted by Crippen LogP contribution is -2.52. The molecule has 2 rings (SSSR count). The Kier molecular flexibility index (Phi) is 5.80. The first-order valence-electron chi connectivity index (χ1n) is 7.97. The number of hydrogen-bond donors (Lipinski definition) is 2. The summed E-state index contributed by atoms with van der Waals surface area (Å²) in [5.74, 6) is 0.673. The van der Waals surface area contributed by atoms with E-state index in [1.807, 2.05) is 38.4 Å². The molecular weight excluding hydrogens is 278 g/mol. The highest BCUT2D eigenvalue weighted by molar-refractivity contribution is 5.98. The Morgan fingerprint density at radius 1 is 1.32 bits per heavy atom. The molecule has 22 heavy (non-hydrogen) atoms. The fraction of sp³-hybridized carbons (Fsp3) is 0.588. The van der Waals surface area contributed by atoms with Gasteiger partial charge in [-0.15, -0.1) is 0 Å². The third kappa shape index (κ3) is 4.71. The molecule has 1 aromatic carbocycles. The maximum atomic E-state index is 12.4. The molecule has 1 fully saturated rings. The topological polar surface area (TPSA) is 67.6 Å². The van der Waals surface area contributed by atoms with Crippen molar-refractivity contribution in [3.8, 4) is 5.75 Å². The number of amides is 1. The second-order valence-electron chi connectivity index (χ2n) is 6.35. The summed E-state index contributed by atoms with van der Waals surface area (Å²) >= 11 is 0. The predicted octanol–water partition coefficient (Wildman–Crippen LogP) is 2.23. The van der Waals surface area contributed by atoms with E-state index < -0.39 is 5.54 Å². The van der Waals surface area contributed by atoms with Gasteiger partial charge in [0.05, 0.1) is 5.54 Å². The zero-order valence-electron chi connectivity index (χ0n) is 13.6. The molecule has 1 amide bonds. The van der Waals surface area contributed by atoms with Gasteiger partial charge in [0.1, 0.15) is 12.4 Å². The van der Waals surface area contributed by atoms with Crippen molar-refractivity contribution in [1.82, 2.24) is 4.90 Å². The molecule has 122 valence electrons. The number of nitrogens with zero attached hydrogens (tertiary/aromatic N) is 1. The maximum Gasteiger partial charge on any atom is 0.244 e. The van der Waals surface area contributed by atoms with Crippen LogP contribution in [0.1, 0.15) is 32.1 Å². The van der Waals surface area contributed by atoms with Gasteiger partial charge in [0.2, 0.25) is 5.91 Å². The van der Waals surface area contributed by atoms with Gasteiger partial charge in [-0.25, -0.2) is 0 Å². The van der Waals surface area contributed by atoms with Crippen LogP contribution in [0.2, 0.25) is 0 Å². The van der Waals surface area contributed by atoms with Crippen molar-refractivity contribution < 1.29 is 9.53 Å². The fourth-order valence-corrected chi connectivity index (χ4v) is 2.68. The van der Waals surface area contributed by atoms with Gasteiger partial charge in [-0.3, -0.25) is 4.79 Å². The van der Waals surface area contributed by atoms with Crippen LogP contribution in [0, 0.1) is 0 Å². The lowest BCUT2D eigenvalue weighted by Gasteiger charge is -2.31. The Bertz CT molecular complexity index is 496. The van der Waals surface area contributed by atoms with Crippen molar-refractivity contribution in [2.24, 2.45) is 5.73 Å². The molecule has 0 radical (unpaired) electrons. The van der Waals surface area contributed by atoms with Gasteiger partial charge in [-0.2, -0.15) is 0 Å². The number of carbonyl (C=O) groups excluding carboxylic acids is 1. The van der Waals surface area contributed by atoms with E-state index in [0.29, 0.717) is 6.61 Å². The van der Waals surface area contributed by atoms with E-state index in [4.69, 9.17) is 10.5 Å². The summed E-state index contributed by atoms with van der Waals surface area (Å²) in [6.07, 6.45) is 4.74. The van der Waals surface area contributed by atoms with Crippen LogP contribution in [-0.4, -0.2) is 43.6 Å². The summed E-state index contributed by atoms with van der Waals surface area (Å²) in [6, 6.07) is 7.48. The minimum atomic E-state index is -0.722. The van der Waals surface area contributed by atoms with Gasteiger partial charge in [0.25, 0.3) is 0 Å². The van der Waals surface area contributed by atoms with Gasteiger partial charge < -0.3 is 20.7 Å². The molecule has 5 heteroatoms. The summed E-state index contributed by atoms with van der Waals surface area (Å²) in [5.41, 5.74) is 6.27. The highest BCUT2D eigenvalue weighted by Crippen LogP contribution is 2.27. The SMILES string of the molecule is CN(C)CCOc1cccc(NC(=O)C2(N)CCCCC2)c1. The average molecular weight is 305 g/mol. The first-order valence-corrected chi connectivity index (χ1v) is 7.97. The molecule has 1 saturated carbocycles. The molecule has 1 aliphatic rings. The van der Waals surface area contributed by atoms with Crippen LogP contribution < -0.4 is 15.8 Å². The Morgan fingerprint density at radius 3 is 2.73 bits per heavy atom. The summed E-state index contributed by atoms with van der Waals surface area (Å²) in [6.45, 7) is 1.47. The van der Waals surface area contributed by atoms with E-state index in [2.05, 4.69) is 10.2 Å². The van der Waals surface area contributed by atoms with Gasteiger partial charge in [0.15, 0.2) is 0 Å². The molecule has 0 unspecified atom stereocenters. The molecule has 5 nitrogen and oxygen atoms in total. The quantitative estimate of drug-likeness (QED) is 0.846. The maximum absolute atomic E-state index is 12.4. The predicted molar refractivity (Wildman–Crippen MR) is 89.1 cm³/mol. The van der Waals surface area contributed by atoms with Crippen LogP contribution in [0.3, 0.4) is 0 Å². The molecule has 0 heterocycles. The van der Waals surface area contributed by atoms with Crippen molar-refractivity contribution in [1.29, 1.82) is 0 Å². The van der Waals surface area contributed by atoms with E-state index in [0.717, 1.165) is 43.7 Å². The molecule has 0 spiro atoms. The monoisotopic (exact) mass is 305 g/mol. The Hall–Kier alpha value is -1.59. The van der Waals surface area contributed by atoms with Gasteiger partial charge in [0, 0.05) is 18.3 Å². The van der Waals surface area contributed by atoms with Crippen molar-refractivity contribution in [2.75, 3.05) is 32.6 Å². The van der Waals surface area contributed by atoms with Gasteiger partial charge in [-0.1, -0.05) is 25.3 Å². The van der Waals surface area contributed by atoms with Crippen LogP contribution in [0.25, 0.3) is 0 Å². The number of nitrogens with one attached hydrogen (secondary N) is 1. The summed E-state index contributed by atoms with van der Waals surface area (Å²) in [4.78, 5) is 14.5. The summed E-state index contributed by atoms with van der Waals surface area (Å²) in [7, 11) is 4.01. The first-order chi connectivity index (χ1) is 10.5. The number of ether oxygens (including phenoxy) is 1. The highest BCUT2D eigenvalue weighted by Gasteiger charge is 2.35. The van der Waals surface area contributed by atoms with E-state index >= 15 is 0 Å². The molecule has 3 N–H and O–H groups in total. The number of rotatable bonds is 6. The molecule has 1 aliphatic carbocycles. The van der Waals surface area contributed by atoms with Crippen molar-refractivity contribution in [3.05, 3.63) is 24.3 Å². The third-order valence-electron chi connectivity index (χ3n) is 4.10. The number of anilines is 1. The minimum Gasteiger partial charge on any atom is -0.492 e. The minimum absolute atomic E-state index is 0.0855. The van der Waals surface area contributed by atoms with Gasteiger partial charge in [-0.05, 0) is 39.1 Å². The van der Waals surface area contributed by atoms with Crippen molar-refractivity contribution in [2.45, 2.75) is 37.6 Å². The van der Waals surface area contributed by atoms with Gasteiger partial charge >= 0.3 is 0 Å². The Balaban J connectivity index is 1.93. The normalized spacial score (nSPS) is 17.3. The zero-order chi connectivity index (χ0) is 16.0. The zero-order valence-corrected chi connectivity index (χ0v) is 13.6. The largest absolute Gasteiger partial charge is 0.492 e. The number of hydrogen-bond acceptors (Lipinski definition) is 4. The smallest absolute Gasteiger partial charge is 0.244 e. The van der Waals surface area contributed by atoms with E-state index in [-0.39, 0.29) is 5.91 Å². The molecular formula is C17H27N3O2. The Morgan fingerprint density at radius 2 is 2.05 bits per heavy atom. The van der Waals surface area contributed by atoms with Crippen LogP contribution in [-0.2, 0) is 4.79 Å². The molecule has 0 bridgehead atoms. The molecule has 0 atom stereocenters. The second-order valence-corrected chi connectivity index (χ2v) is 6.35. The van der Waals surface area contributed by atoms with Crippen LogP contribution in [0.15, 0.2) is 24.3 Å². The summed E-state index contributed by atoms with van der Waals surface area (Å²) in [5, 5.41) is 2.94. The molecule has 0 aromatic heterocycles. The lowest BCUT2D eigenvalue weighted by atomic mass is 9.82. The van der Waals surface area contributed by atoms with Crippen LogP contribution in [0.5, 0.6) is 5.75 Å². The average Bonchev–Trinajstić information content (AvgIpc) is 2.48. The number of likely N-dealkylation sites (N-methyl/N-ethyl adjacent to an activating group) is 1. The van der Waals surface area contributed by atoms with E-state index in [9.17, 15) is 4.79 Å². The standard InChI is InChI=1S/C17H27N3O2/c1-20(2)11-12-22-15-8-6-7-14(13-15)19-16(21)17(18)9-4-3-5-10-17/h6-8,13H,3-5,9-12,18H2,1-2H3,(H,19,21). The lowest BCUT2D eigenvalue weighted by molar-refractivity contribution is -0.122. The molecule has 1 aromatic rings. The Labute approximate surface area is 132 Å². The summed E-state index contributed by atoms with van der Waals surface area (Å²) < 4.78 is 5.69. The number of benzene rings is 1. The second kappa shape index (κ2) is 7.61. The number of nitrogens with two attached hydrogens (primary N) is 1. The van der Waals surface area contributed by atoms with Crippen molar-refractivity contribution >= 4 is 11.6 Å². The number of carbonyl (C=O) groups is 1. The van der Waals surface area contributed by atoms with E-state index in [1.54, 1.807) is 0 Å². The van der Waals surface area contributed by atoms with Crippen LogP contribution >= 0.6 is 0 Å². The third-order valence-corrected chi connectivity index (χ3v) is 4.10. The molecule has 0 aliphatic heterocycles. The highest BCUT2D eigenvalue weighted by atomic mass is 16.5. The van der Waals surface area contributed by atoms with E-state index in [1.165, 1.54) is 6.42 Å². The van der Waals surface area contributed by atoms with Crippen LogP contribution in [0.4, 0.5) is 5.69 Å². The molecule has 0 saturated heterocycles.